The second-order valence-corrected chi connectivity index (χ2v) is 13.7. The molecule has 0 radical (unpaired) electrons. The molecule has 0 unspecified atom stereocenters. The number of rotatable bonds is 16. The van der Waals surface area contributed by atoms with E-state index in [1.54, 1.807) is 62.4 Å². The molecule has 5 aromatic carbocycles. The second-order valence-electron chi connectivity index (χ2n) is 13.7. The molecule has 310 valence electrons. The fourth-order valence-electron chi connectivity index (χ4n) is 7.13. The van der Waals surface area contributed by atoms with Gasteiger partial charge in [-0.3, -0.25) is 0 Å². The molecule has 0 N–H and O–H groups in total. The summed E-state index contributed by atoms with van der Waals surface area (Å²) in [7, 11) is 1.40. The average molecular weight is 813 g/mol. The van der Waals surface area contributed by atoms with Gasteiger partial charge in [0, 0.05) is 19.5 Å². The Labute approximate surface area is 348 Å². The fourth-order valence-corrected chi connectivity index (χ4v) is 7.13. The molecule has 1 saturated heterocycles. The number of carbonyl (C=O) groups is 4. The first-order valence-corrected chi connectivity index (χ1v) is 19.6. The highest BCUT2D eigenvalue weighted by molar-refractivity contribution is 6.14. The van der Waals surface area contributed by atoms with E-state index in [1.807, 2.05) is 91.0 Å². The molecule has 6 rings (SSSR count). The van der Waals surface area contributed by atoms with E-state index in [9.17, 15) is 24.3 Å². The highest BCUT2D eigenvalue weighted by Crippen LogP contribution is 2.41. The zero-order valence-electron chi connectivity index (χ0n) is 33.5. The Bertz CT molecular complexity index is 2090. The van der Waals surface area contributed by atoms with Crippen molar-refractivity contribution in [2.45, 2.75) is 50.1 Å². The number of likely N-dealkylation sites (N-methyl/N-ethyl adjacent to an activating group) is 1. The van der Waals surface area contributed by atoms with E-state index in [-0.39, 0.29) is 30.9 Å². The average Bonchev–Trinajstić information content (AvgIpc) is 3.28. The van der Waals surface area contributed by atoms with Crippen molar-refractivity contribution in [3.05, 3.63) is 191 Å². The van der Waals surface area contributed by atoms with Gasteiger partial charge in [-0.15, -0.1) is 0 Å². The maximum absolute atomic E-state index is 14.6. The predicted molar refractivity (Wildman–Crippen MR) is 218 cm³/mol. The van der Waals surface area contributed by atoms with Crippen LogP contribution in [0, 0.1) is 0 Å². The van der Waals surface area contributed by atoms with Gasteiger partial charge in [0.25, 0.3) is 0 Å². The molecule has 60 heavy (non-hydrogen) atoms. The van der Waals surface area contributed by atoms with Crippen molar-refractivity contribution in [3.63, 3.8) is 0 Å². The third kappa shape index (κ3) is 9.80. The lowest BCUT2D eigenvalue weighted by molar-refractivity contribution is -0.524. The monoisotopic (exact) mass is 812 g/mol. The molecule has 5 atom stereocenters. The van der Waals surface area contributed by atoms with E-state index in [2.05, 4.69) is 0 Å². The number of benzene rings is 5. The summed E-state index contributed by atoms with van der Waals surface area (Å²) in [5.74, 6) is -3.63. The van der Waals surface area contributed by atoms with Crippen molar-refractivity contribution in [2.75, 3.05) is 26.9 Å². The predicted octanol–water partition coefficient (Wildman–Crippen LogP) is 5.84. The minimum atomic E-state index is -2.04. The number of nitrogens with zero attached hydrogens (tertiary/aromatic N) is 1. The van der Waals surface area contributed by atoms with Crippen LogP contribution in [0.5, 0.6) is 0 Å². The maximum Gasteiger partial charge on any atom is 0.347 e. The van der Waals surface area contributed by atoms with Gasteiger partial charge in [0.1, 0.15) is 11.7 Å². The summed E-state index contributed by atoms with van der Waals surface area (Å²) in [6, 6.07) is 43.4. The summed E-state index contributed by atoms with van der Waals surface area (Å²) in [5, 5.41) is 14.6. The van der Waals surface area contributed by atoms with E-state index in [0.717, 1.165) is 22.9 Å². The number of ether oxygens (including phenoxy) is 6. The summed E-state index contributed by atoms with van der Waals surface area (Å²) in [6.07, 6.45) is -5.36. The Hall–Kier alpha value is -6.60. The van der Waals surface area contributed by atoms with E-state index in [0.29, 0.717) is 0 Å². The Morgan fingerprint density at radius 1 is 0.617 bits per heavy atom. The SMILES string of the molecule is CCOC(=O)C(=CN(C)[C@@H]1[C@@H](OC(=O)c2ccccc2)[C@H](OC(=O)c2ccccc2)[C@@H](COC(c2ccccc2)(c2ccccc2)c2ccccc2)O[C@@H]1[O-])C(=O)OCC. The van der Waals surface area contributed by atoms with Crippen molar-refractivity contribution in [1.82, 2.24) is 4.90 Å². The maximum atomic E-state index is 14.6. The van der Waals surface area contributed by atoms with Crippen molar-refractivity contribution >= 4 is 23.9 Å². The molecular formula is C48H46NO11-. The number of esters is 4. The highest BCUT2D eigenvalue weighted by Gasteiger charge is 2.50. The van der Waals surface area contributed by atoms with Gasteiger partial charge in [0.05, 0.1) is 37.0 Å². The Morgan fingerprint density at radius 2 is 1.00 bits per heavy atom. The molecule has 5 aromatic rings. The van der Waals surface area contributed by atoms with Crippen molar-refractivity contribution in [1.29, 1.82) is 0 Å². The third-order valence-corrected chi connectivity index (χ3v) is 9.92. The van der Waals surface area contributed by atoms with Gasteiger partial charge in [-0.1, -0.05) is 127 Å². The zero-order chi connectivity index (χ0) is 42.5. The lowest BCUT2D eigenvalue weighted by Crippen LogP contribution is -2.68. The number of hydrogen-bond donors (Lipinski definition) is 0. The minimum Gasteiger partial charge on any atom is -0.829 e. The quantitative estimate of drug-likeness (QED) is 0.0294. The number of carbonyl (C=O) groups excluding carboxylic acids is 4. The molecule has 0 spiro atoms. The first-order valence-electron chi connectivity index (χ1n) is 19.6. The second kappa shape index (κ2) is 20.4. The molecule has 1 aliphatic heterocycles. The van der Waals surface area contributed by atoms with Gasteiger partial charge < -0.3 is 38.4 Å². The van der Waals surface area contributed by atoms with Crippen LogP contribution in [0.15, 0.2) is 163 Å². The van der Waals surface area contributed by atoms with Crippen molar-refractivity contribution in [3.8, 4) is 0 Å². The van der Waals surface area contributed by atoms with Crippen LogP contribution in [0.25, 0.3) is 0 Å². The molecule has 12 heteroatoms. The largest absolute Gasteiger partial charge is 0.829 e. The van der Waals surface area contributed by atoms with Crippen LogP contribution in [0.2, 0.25) is 0 Å². The van der Waals surface area contributed by atoms with Gasteiger partial charge in [-0.25, -0.2) is 19.2 Å². The van der Waals surface area contributed by atoms with E-state index in [4.69, 9.17) is 28.4 Å². The van der Waals surface area contributed by atoms with Gasteiger partial charge in [0.2, 0.25) is 0 Å². The standard InChI is InChI=1S/C48H46NO11/c1-4-55-45(52)38(46(53)56-5-2)31-49(3)40-42(60-44(51)34-23-13-7-14-24-34)41(59-43(50)33-21-11-6-12-22-33)39(58-47(40)54)32-57-48(35-25-15-8-16-26-35,36-27-17-9-18-28-36)37-29-19-10-20-30-37/h6-31,39-42,47H,4-5,32H2,1-3H3/q-1/t39-,40-,41-,42-,47+/m1/s1. The van der Waals surface area contributed by atoms with Crippen molar-refractivity contribution in [2.24, 2.45) is 0 Å². The molecule has 12 nitrogen and oxygen atoms in total. The van der Waals surface area contributed by atoms with E-state index >= 15 is 0 Å². The van der Waals surface area contributed by atoms with Crippen LogP contribution in [0.1, 0.15) is 51.3 Å². The topological polar surface area (TPSA) is 150 Å². The smallest absolute Gasteiger partial charge is 0.347 e. The fraction of sp³-hybridized carbons (Fsp3) is 0.250. The summed E-state index contributed by atoms with van der Waals surface area (Å²) < 4.78 is 36.0. The van der Waals surface area contributed by atoms with Gasteiger partial charge >= 0.3 is 23.9 Å². The van der Waals surface area contributed by atoms with Crippen LogP contribution in [0.4, 0.5) is 0 Å². The zero-order valence-corrected chi connectivity index (χ0v) is 33.5. The molecule has 0 bridgehead atoms. The number of hydrogen-bond acceptors (Lipinski definition) is 12. The van der Waals surface area contributed by atoms with Crippen LogP contribution >= 0.6 is 0 Å². The molecule has 1 heterocycles. The molecule has 0 aliphatic carbocycles. The highest BCUT2D eigenvalue weighted by atomic mass is 16.7. The third-order valence-electron chi connectivity index (χ3n) is 9.92. The lowest BCUT2D eigenvalue weighted by Gasteiger charge is -2.51. The molecular weight excluding hydrogens is 767 g/mol. The lowest BCUT2D eigenvalue weighted by atomic mass is 9.80. The molecule has 0 aromatic heterocycles. The molecule has 0 amide bonds. The summed E-state index contributed by atoms with van der Waals surface area (Å²) in [6.45, 7) is 2.68. The first-order chi connectivity index (χ1) is 29.2. The van der Waals surface area contributed by atoms with Crippen LogP contribution in [-0.4, -0.2) is 86.3 Å². The Morgan fingerprint density at radius 3 is 1.40 bits per heavy atom. The van der Waals surface area contributed by atoms with Crippen LogP contribution in [-0.2, 0) is 43.6 Å². The van der Waals surface area contributed by atoms with Gasteiger partial charge in [-0.2, -0.15) is 0 Å². The van der Waals surface area contributed by atoms with E-state index in [1.165, 1.54) is 24.1 Å². The van der Waals surface area contributed by atoms with Crippen LogP contribution in [0.3, 0.4) is 0 Å². The Balaban J connectivity index is 1.48. The summed E-state index contributed by atoms with van der Waals surface area (Å²) in [4.78, 5) is 55.3. The summed E-state index contributed by atoms with van der Waals surface area (Å²) in [5.41, 5.74) is 0.807. The molecule has 0 saturated carbocycles. The summed E-state index contributed by atoms with van der Waals surface area (Å²) >= 11 is 0. The van der Waals surface area contributed by atoms with Gasteiger partial charge in [0.15, 0.2) is 17.8 Å². The molecule has 1 fully saturated rings. The normalized spacial score (nSPS) is 18.6. The Kier molecular flexibility index (Phi) is 14.6. The molecule has 1 aliphatic rings. The first kappa shape index (κ1) is 43.0. The van der Waals surface area contributed by atoms with Gasteiger partial charge in [-0.05, 0) is 54.8 Å². The van der Waals surface area contributed by atoms with Crippen LogP contribution < -0.4 is 5.11 Å². The minimum absolute atomic E-state index is 0.0526. The van der Waals surface area contributed by atoms with Crippen molar-refractivity contribution < 1.29 is 52.7 Å². The van der Waals surface area contributed by atoms with E-state index < -0.39 is 65.7 Å².